The number of rotatable bonds is 3. The molecule has 6 aromatic carbocycles. The molecule has 10 heteroatoms. The Bertz CT molecular complexity index is 2500. The minimum Gasteiger partial charge on any atom is -0.309 e. The molecule has 0 saturated heterocycles. The van der Waals surface area contributed by atoms with Crippen molar-refractivity contribution in [2.75, 3.05) is 0 Å². The molecule has 2 aromatic heterocycles. The van der Waals surface area contributed by atoms with Crippen LogP contribution in [0.25, 0.3) is 66.1 Å². The lowest BCUT2D eigenvalue weighted by atomic mass is 9.97. The molecule has 0 saturated carbocycles. The minimum absolute atomic E-state index is 0.308. The molecular weight excluding hydrogens is 636 g/mol. The summed E-state index contributed by atoms with van der Waals surface area (Å²) >= 11 is 0. The molecule has 1 unspecified atom stereocenters. The molecule has 232 valence electrons. The second kappa shape index (κ2) is 10.4. The second-order valence-corrected chi connectivity index (χ2v) is 11.7. The number of aromatic nitrogens is 2. The van der Waals surface area contributed by atoms with E-state index in [0.717, 1.165) is 45.7 Å². The molecule has 47 heavy (non-hydrogen) atoms. The van der Waals surface area contributed by atoms with Gasteiger partial charge in [0.05, 0.1) is 38.9 Å². The monoisotopic (exact) mass is 656 g/mol. The minimum atomic E-state index is -4.98. The Kier molecular flexibility index (Phi) is 6.50. The number of benzene rings is 6. The fourth-order valence-electron chi connectivity index (χ4n) is 6.64. The Morgan fingerprint density at radius 1 is 0.489 bits per heavy atom. The molecule has 0 aliphatic carbocycles. The third kappa shape index (κ3) is 4.22. The highest BCUT2D eigenvalue weighted by atomic mass is 31.0. The van der Waals surface area contributed by atoms with Gasteiger partial charge in [-0.2, -0.15) is 13.2 Å². The molecule has 0 amide bonds. The predicted molar refractivity (Wildman–Crippen MR) is 175 cm³/mol. The van der Waals surface area contributed by atoms with Crippen LogP contribution in [0.3, 0.4) is 0 Å². The van der Waals surface area contributed by atoms with Crippen molar-refractivity contribution >= 4 is 58.2 Å². The van der Waals surface area contributed by atoms with Gasteiger partial charge < -0.3 is 9.13 Å². The van der Waals surface area contributed by atoms with E-state index in [1.165, 1.54) is 4.57 Å². The zero-order valence-corrected chi connectivity index (χ0v) is 25.2. The second-order valence-electron chi connectivity index (χ2n) is 11.2. The largest absolute Gasteiger partial charge is 0.418 e. The summed E-state index contributed by atoms with van der Waals surface area (Å²) in [7, 11) is 1.66. The van der Waals surface area contributed by atoms with E-state index < -0.39 is 57.1 Å². The van der Waals surface area contributed by atoms with Crippen LogP contribution in [0.4, 0.5) is 30.7 Å². The summed E-state index contributed by atoms with van der Waals surface area (Å²) in [6.07, 6.45) is -4.98. The average Bonchev–Trinajstić information content (AvgIpc) is 3.58. The highest BCUT2D eigenvalue weighted by Crippen LogP contribution is 2.45. The van der Waals surface area contributed by atoms with Gasteiger partial charge in [0.25, 0.3) is 0 Å². The van der Waals surface area contributed by atoms with Gasteiger partial charge >= 0.3 is 6.18 Å². The van der Waals surface area contributed by atoms with Gasteiger partial charge in [0.1, 0.15) is 5.82 Å². The molecule has 0 spiro atoms. The standard InChI is InChI=1S/C37H20F7N2P/c38-31-30(32(39)36(47)34(41)33(31)40)23-11-7-12-25(37(42,43)44)35(23)46-28-15-6-3-10-22(28)24-18-19(16-17-29(24)46)45-26-13-4-1-8-20(26)21-9-2-5-14-27(21)45/h1-18H,47H2. The van der Waals surface area contributed by atoms with Crippen molar-refractivity contribution in [1.29, 1.82) is 0 Å². The molecular formula is C37H20F7N2P. The first-order chi connectivity index (χ1) is 22.6. The molecule has 0 N–H and O–H groups in total. The summed E-state index contributed by atoms with van der Waals surface area (Å²) in [6, 6.07) is 30.6. The number of hydrogen-bond acceptors (Lipinski definition) is 0. The van der Waals surface area contributed by atoms with Crippen LogP contribution < -0.4 is 5.30 Å². The van der Waals surface area contributed by atoms with Gasteiger partial charge in [-0.1, -0.05) is 76.0 Å². The van der Waals surface area contributed by atoms with Gasteiger partial charge in [0.2, 0.25) is 0 Å². The van der Waals surface area contributed by atoms with Crippen LogP contribution >= 0.6 is 9.24 Å². The quantitative estimate of drug-likeness (QED) is 0.0775. The number of alkyl halides is 3. The molecule has 0 fully saturated rings. The fourth-order valence-corrected chi connectivity index (χ4v) is 6.92. The smallest absolute Gasteiger partial charge is 0.309 e. The van der Waals surface area contributed by atoms with Crippen molar-refractivity contribution in [3.05, 3.63) is 138 Å². The maximum absolute atomic E-state index is 15.6. The third-order valence-electron chi connectivity index (χ3n) is 8.63. The van der Waals surface area contributed by atoms with E-state index in [9.17, 15) is 22.0 Å². The van der Waals surface area contributed by atoms with E-state index in [2.05, 4.69) is 4.57 Å². The van der Waals surface area contributed by atoms with Crippen LogP contribution in [0.2, 0.25) is 0 Å². The normalized spacial score (nSPS) is 12.3. The summed E-state index contributed by atoms with van der Waals surface area (Å²) in [5.74, 6) is -7.23. The number of para-hydroxylation sites is 4. The zero-order chi connectivity index (χ0) is 32.8. The highest BCUT2D eigenvalue weighted by Gasteiger charge is 2.37. The van der Waals surface area contributed by atoms with Gasteiger partial charge in [0, 0.05) is 38.1 Å². The van der Waals surface area contributed by atoms with Crippen molar-refractivity contribution in [2.45, 2.75) is 6.18 Å². The van der Waals surface area contributed by atoms with Crippen LogP contribution in [-0.2, 0) is 6.18 Å². The SMILES string of the molecule is Fc1c(F)c(P)c(F)c(-c2cccc(C(F)(F)F)c2-n2c3ccccc3c3cc(-n4c5ccccc5c5ccccc54)ccc32)c1F. The number of halogens is 7. The number of nitrogens with zero attached hydrogens (tertiary/aromatic N) is 2. The molecule has 0 aliphatic rings. The van der Waals surface area contributed by atoms with Crippen molar-refractivity contribution in [2.24, 2.45) is 0 Å². The van der Waals surface area contributed by atoms with Gasteiger partial charge in [-0.25, -0.2) is 17.6 Å². The van der Waals surface area contributed by atoms with Crippen LogP contribution in [0, 0.1) is 23.3 Å². The summed E-state index contributed by atoms with van der Waals surface area (Å²) in [6.45, 7) is 0. The lowest BCUT2D eigenvalue weighted by molar-refractivity contribution is -0.137. The maximum atomic E-state index is 15.6. The molecule has 8 aromatic rings. The van der Waals surface area contributed by atoms with Gasteiger partial charge in [0.15, 0.2) is 17.5 Å². The number of hydrogen-bond donors (Lipinski definition) is 0. The van der Waals surface area contributed by atoms with Crippen LogP contribution in [-0.4, -0.2) is 9.13 Å². The van der Waals surface area contributed by atoms with Gasteiger partial charge in [-0.15, -0.1) is 0 Å². The third-order valence-corrected chi connectivity index (χ3v) is 9.13. The summed E-state index contributed by atoms with van der Waals surface area (Å²) in [4.78, 5) is 0. The molecule has 8 rings (SSSR count). The van der Waals surface area contributed by atoms with E-state index in [1.54, 1.807) is 45.6 Å². The van der Waals surface area contributed by atoms with E-state index in [1.807, 2.05) is 54.6 Å². The highest BCUT2D eigenvalue weighted by molar-refractivity contribution is 7.27. The van der Waals surface area contributed by atoms with Crippen molar-refractivity contribution in [3.8, 4) is 22.5 Å². The van der Waals surface area contributed by atoms with E-state index in [0.29, 0.717) is 21.8 Å². The molecule has 2 nitrogen and oxygen atoms in total. The Morgan fingerprint density at radius 3 is 1.62 bits per heavy atom. The zero-order valence-electron chi connectivity index (χ0n) is 24.0. The molecule has 0 bridgehead atoms. The topological polar surface area (TPSA) is 9.86 Å². The summed E-state index contributed by atoms with van der Waals surface area (Å²) in [5.41, 5.74) is -0.306. The van der Waals surface area contributed by atoms with E-state index in [-0.39, 0.29) is 0 Å². The molecule has 1 atom stereocenters. The first kappa shape index (κ1) is 29.3. The fraction of sp³-hybridized carbons (Fsp3) is 0.0270. The Labute approximate surface area is 264 Å². The van der Waals surface area contributed by atoms with E-state index >= 15 is 8.78 Å². The van der Waals surface area contributed by atoms with Gasteiger partial charge in [-0.3, -0.25) is 0 Å². The van der Waals surface area contributed by atoms with Crippen molar-refractivity contribution in [1.82, 2.24) is 9.13 Å². The Hall–Kier alpha value is -5.14. The maximum Gasteiger partial charge on any atom is 0.418 e. The Morgan fingerprint density at radius 2 is 1.02 bits per heavy atom. The molecule has 0 radical (unpaired) electrons. The first-order valence-electron chi connectivity index (χ1n) is 14.4. The van der Waals surface area contributed by atoms with Crippen LogP contribution in [0.1, 0.15) is 5.56 Å². The lowest BCUT2D eigenvalue weighted by Crippen LogP contribution is -2.16. The van der Waals surface area contributed by atoms with Crippen LogP contribution in [0.5, 0.6) is 0 Å². The first-order valence-corrected chi connectivity index (χ1v) is 15.0. The molecule has 2 heterocycles. The average molecular weight is 657 g/mol. The lowest BCUT2D eigenvalue weighted by Gasteiger charge is -2.21. The van der Waals surface area contributed by atoms with Gasteiger partial charge in [-0.05, 0) is 42.5 Å². The van der Waals surface area contributed by atoms with E-state index in [4.69, 9.17) is 0 Å². The molecule has 0 aliphatic heterocycles. The summed E-state index contributed by atoms with van der Waals surface area (Å²) in [5, 5.41) is 2.27. The van der Waals surface area contributed by atoms with Crippen molar-refractivity contribution in [3.63, 3.8) is 0 Å². The number of fused-ring (bicyclic) bond motifs is 6. The van der Waals surface area contributed by atoms with Crippen molar-refractivity contribution < 1.29 is 30.7 Å². The Balaban J connectivity index is 1.50. The summed E-state index contributed by atoms with van der Waals surface area (Å²) < 4.78 is 108. The van der Waals surface area contributed by atoms with Crippen LogP contribution in [0.15, 0.2) is 109 Å². The predicted octanol–water partition coefficient (Wildman–Crippen LogP) is 10.6.